The molecule has 1 aliphatic heterocycles. The largest absolute Gasteiger partial charge is 0.360 e. The van der Waals surface area contributed by atoms with Crippen LogP contribution in [0.3, 0.4) is 0 Å². The van der Waals surface area contributed by atoms with Gasteiger partial charge in [-0.15, -0.1) is 5.10 Å². The Hall–Kier alpha value is -2.73. The molecule has 1 aromatic heterocycles. The van der Waals surface area contributed by atoms with E-state index in [1.807, 2.05) is 4.68 Å². The summed E-state index contributed by atoms with van der Waals surface area (Å²) in [6, 6.07) is 17.4. The standard InChI is InChI=1S/C24H32N6/c1-18-10-9-13-21(19(18)2)28-14-16-29(17-15-28)22(20-11-7-6-8-12-20)23-25-26-27-30(23)24(3,4)5/h6-13,22H,14-17H2,1-5H3/p+1/t22-/m0/s1. The van der Waals surface area contributed by atoms with Gasteiger partial charge in [-0.1, -0.05) is 42.5 Å². The van der Waals surface area contributed by atoms with Crippen molar-refractivity contribution >= 4 is 5.69 Å². The fourth-order valence-corrected chi connectivity index (χ4v) is 4.47. The van der Waals surface area contributed by atoms with Crippen molar-refractivity contribution in [3.05, 3.63) is 71.0 Å². The monoisotopic (exact) mass is 405 g/mol. The molecule has 1 N–H and O–H groups in total. The van der Waals surface area contributed by atoms with E-state index in [1.165, 1.54) is 27.3 Å². The fraction of sp³-hybridized carbons (Fsp3) is 0.458. The molecule has 4 rings (SSSR count). The van der Waals surface area contributed by atoms with E-state index in [0.717, 1.165) is 32.0 Å². The van der Waals surface area contributed by atoms with E-state index in [0.29, 0.717) is 0 Å². The number of hydrogen-bond acceptors (Lipinski definition) is 4. The highest BCUT2D eigenvalue weighted by atomic mass is 15.6. The Labute approximate surface area is 179 Å². The molecule has 0 unspecified atom stereocenters. The maximum atomic E-state index is 4.50. The van der Waals surface area contributed by atoms with Gasteiger partial charge in [-0.3, -0.25) is 0 Å². The molecule has 0 aliphatic carbocycles. The third kappa shape index (κ3) is 3.97. The van der Waals surface area contributed by atoms with Crippen LogP contribution in [0.5, 0.6) is 0 Å². The summed E-state index contributed by atoms with van der Waals surface area (Å²) in [5.74, 6) is 0.948. The SMILES string of the molecule is Cc1cccc(N2CC[NH+]([C@@H](c3ccccc3)c3nnnn3C(C)(C)C)CC2)c1C. The number of anilines is 1. The molecule has 30 heavy (non-hydrogen) atoms. The van der Waals surface area contributed by atoms with Crippen molar-refractivity contribution in [1.82, 2.24) is 20.2 Å². The van der Waals surface area contributed by atoms with E-state index in [-0.39, 0.29) is 11.6 Å². The number of rotatable bonds is 4. The molecule has 1 saturated heterocycles. The Bertz CT molecular complexity index is 980. The highest BCUT2D eigenvalue weighted by Crippen LogP contribution is 2.25. The normalized spacial score (nSPS) is 16.6. The molecule has 0 bridgehead atoms. The zero-order chi connectivity index (χ0) is 21.3. The second-order valence-electron chi connectivity index (χ2n) is 9.33. The molecule has 2 heterocycles. The van der Waals surface area contributed by atoms with Crippen molar-refractivity contribution in [1.29, 1.82) is 0 Å². The number of nitrogens with one attached hydrogen (secondary N) is 1. The van der Waals surface area contributed by atoms with Gasteiger partial charge in [0.05, 0.1) is 31.7 Å². The van der Waals surface area contributed by atoms with Crippen LogP contribution in [0.25, 0.3) is 0 Å². The average molecular weight is 406 g/mol. The molecule has 6 heteroatoms. The van der Waals surface area contributed by atoms with Gasteiger partial charge >= 0.3 is 0 Å². The Morgan fingerprint density at radius 1 is 0.933 bits per heavy atom. The Kier molecular flexibility index (Phi) is 5.60. The summed E-state index contributed by atoms with van der Waals surface area (Å²) in [6.07, 6.45) is 0. The molecule has 0 radical (unpaired) electrons. The van der Waals surface area contributed by atoms with Gasteiger partial charge in [-0.2, -0.15) is 0 Å². The second kappa shape index (κ2) is 8.19. The second-order valence-corrected chi connectivity index (χ2v) is 9.33. The van der Waals surface area contributed by atoms with Crippen LogP contribution in [0.4, 0.5) is 5.69 Å². The van der Waals surface area contributed by atoms with Crippen molar-refractivity contribution in [2.24, 2.45) is 0 Å². The smallest absolute Gasteiger partial charge is 0.214 e. The minimum Gasteiger partial charge on any atom is -0.360 e. The lowest BCUT2D eigenvalue weighted by Crippen LogP contribution is -3.15. The number of aryl methyl sites for hydroxylation is 1. The first kappa shape index (κ1) is 20.5. The van der Waals surface area contributed by atoms with Gasteiger partial charge in [0.2, 0.25) is 5.82 Å². The molecular formula is C24H33N6+. The Morgan fingerprint density at radius 2 is 1.63 bits per heavy atom. The summed E-state index contributed by atoms with van der Waals surface area (Å²) in [5, 5.41) is 12.9. The van der Waals surface area contributed by atoms with Gasteiger partial charge in [0.25, 0.3) is 0 Å². The van der Waals surface area contributed by atoms with E-state index >= 15 is 0 Å². The number of hydrogen-bond donors (Lipinski definition) is 1. The summed E-state index contributed by atoms with van der Waals surface area (Å²) >= 11 is 0. The predicted molar refractivity (Wildman–Crippen MR) is 120 cm³/mol. The first-order valence-electron chi connectivity index (χ1n) is 10.9. The molecule has 6 nitrogen and oxygen atoms in total. The predicted octanol–water partition coefficient (Wildman–Crippen LogP) is 2.54. The van der Waals surface area contributed by atoms with E-state index in [1.54, 1.807) is 0 Å². The topological polar surface area (TPSA) is 51.3 Å². The number of benzene rings is 2. The minimum atomic E-state index is -0.161. The third-order valence-corrected chi connectivity index (χ3v) is 6.25. The molecular weight excluding hydrogens is 372 g/mol. The zero-order valence-corrected chi connectivity index (χ0v) is 18.8. The van der Waals surface area contributed by atoms with Gasteiger partial charge in [0.1, 0.15) is 0 Å². The molecule has 158 valence electrons. The summed E-state index contributed by atoms with van der Waals surface area (Å²) in [7, 11) is 0. The number of piperazine rings is 1. The molecule has 3 aromatic rings. The average Bonchev–Trinajstić information content (AvgIpc) is 3.22. The van der Waals surface area contributed by atoms with Gasteiger partial charge < -0.3 is 9.80 Å². The zero-order valence-electron chi connectivity index (χ0n) is 18.8. The first-order chi connectivity index (χ1) is 14.4. The summed E-state index contributed by atoms with van der Waals surface area (Å²) in [5.41, 5.74) is 5.22. The maximum absolute atomic E-state index is 4.50. The van der Waals surface area contributed by atoms with E-state index in [9.17, 15) is 0 Å². The van der Waals surface area contributed by atoms with Crippen LogP contribution in [0.15, 0.2) is 48.5 Å². The van der Waals surface area contributed by atoms with E-state index in [4.69, 9.17) is 0 Å². The highest BCUT2D eigenvalue weighted by Gasteiger charge is 2.36. The lowest BCUT2D eigenvalue weighted by molar-refractivity contribution is -0.927. The third-order valence-electron chi connectivity index (χ3n) is 6.25. The molecule has 1 atom stereocenters. The van der Waals surface area contributed by atoms with Gasteiger partial charge in [-0.05, 0) is 62.2 Å². The van der Waals surface area contributed by atoms with Crippen LogP contribution in [0.2, 0.25) is 0 Å². The molecule has 2 aromatic carbocycles. The number of tetrazole rings is 1. The lowest BCUT2D eigenvalue weighted by Gasteiger charge is -2.38. The quantitative estimate of drug-likeness (QED) is 0.725. The fourth-order valence-electron chi connectivity index (χ4n) is 4.47. The van der Waals surface area contributed by atoms with Gasteiger partial charge in [-0.25, -0.2) is 4.68 Å². The van der Waals surface area contributed by atoms with Crippen molar-refractivity contribution in [3.8, 4) is 0 Å². The first-order valence-corrected chi connectivity index (χ1v) is 10.9. The Balaban J connectivity index is 1.63. The minimum absolute atomic E-state index is 0.126. The van der Waals surface area contributed by atoms with E-state index in [2.05, 4.69) is 104 Å². The van der Waals surface area contributed by atoms with Crippen molar-refractivity contribution in [2.45, 2.75) is 46.2 Å². The van der Waals surface area contributed by atoms with Crippen LogP contribution in [0, 0.1) is 13.8 Å². The molecule has 0 amide bonds. The van der Waals surface area contributed by atoms with Crippen molar-refractivity contribution in [3.63, 3.8) is 0 Å². The molecule has 0 saturated carbocycles. The summed E-state index contributed by atoms with van der Waals surface area (Å²) in [4.78, 5) is 4.05. The van der Waals surface area contributed by atoms with Gasteiger partial charge in [0, 0.05) is 11.3 Å². The van der Waals surface area contributed by atoms with Crippen molar-refractivity contribution in [2.75, 3.05) is 31.1 Å². The molecule has 1 aliphatic rings. The highest BCUT2D eigenvalue weighted by molar-refractivity contribution is 5.56. The molecule has 1 fully saturated rings. The molecule has 0 spiro atoms. The summed E-state index contributed by atoms with van der Waals surface area (Å²) in [6.45, 7) is 15.0. The van der Waals surface area contributed by atoms with Crippen molar-refractivity contribution < 1.29 is 4.90 Å². The summed E-state index contributed by atoms with van der Waals surface area (Å²) < 4.78 is 1.99. The van der Waals surface area contributed by atoms with Crippen LogP contribution < -0.4 is 9.80 Å². The van der Waals surface area contributed by atoms with E-state index < -0.39 is 0 Å². The van der Waals surface area contributed by atoms with Gasteiger partial charge in [0.15, 0.2) is 6.04 Å². The number of nitrogens with zero attached hydrogens (tertiary/aromatic N) is 5. The number of quaternary nitrogens is 1. The Morgan fingerprint density at radius 3 is 2.30 bits per heavy atom. The van der Waals surface area contributed by atoms with Crippen LogP contribution in [-0.2, 0) is 5.54 Å². The number of aromatic nitrogens is 4. The van der Waals surface area contributed by atoms with Crippen LogP contribution in [0.1, 0.15) is 49.3 Å². The van der Waals surface area contributed by atoms with Crippen LogP contribution in [-0.4, -0.2) is 46.4 Å². The lowest BCUT2D eigenvalue weighted by atomic mass is 10.0. The maximum Gasteiger partial charge on any atom is 0.214 e. The van der Waals surface area contributed by atoms with Crippen LogP contribution >= 0.6 is 0 Å².